The highest BCUT2D eigenvalue weighted by atomic mass is 15.1. The molecule has 16 heavy (non-hydrogen) atoms. The highest BCUT2D eigenvalue weighted by Crippen LogP contribution is 2.19. The van der Waals surface area contributed by atoms with Crippen molar-refractivity contribution in [2.24, 2.45) is 17.8 Å². The van der Waals surface area contributed by atoms with Crippen LogP contribution in [0.25, 0.3) is 0 Å². The van der Waals surface area contributed by atoms with Crippen LogP contribution in [0, 0.1) is 17.8 Å². The van der Waals surface area contributed by atoms with E-state index in [1.54, 1.807) is 0 Å². The van der Waals surface area contributed by atoms with Crippen molar-refractivity contribution in [3.05, 3.63) is 0 Å². The van der Waals surface area contributed by atoms with Crippen molar-refractivity contribution in [3.8, 4) is 0 Å². The van der Waals surface area contributed by atoms with Gasteiger partial charge in [-0.2, -0.15) is 0 Å². The second-order valence-corrected chi connectivity index (χ2v) is 5.38. The van der Waals surface area contributed by atoms with E-state index in [9.17, 15) is 0 Å². The van der Waals surface area contributed by atoms with E-state index in [0.29, 0.717) is 0 Å². The van der Waals surface area contributed by atoms with Crippen LogP contribution in [0.15, 0.2) is 0 Å². The van der Waals surface area contributed by atoms with Crippen LogP contribution in [-0.2, 0) is 0 Å². The average Bonchev–Trinajstić information content (AvgIpc) is 2.22. The number of rotatable bonds is 9. The molecule has 0 heterocycles. The van der Waals surface area contributed by atoms with Gasteiger partial charge in [0.2, 0.25) is 0 Å². The molecule has 0 aromatic heterocycles. The first kappa shape index (κ1) is 15.9. The summed E-state index contributed by atoms with van der Waals surface area (Å²) in [7, 11) is 0. The Labute approximate surface area is 103 Å². The molecule has 98 valence electrons. The van der Waals surface area contributed by atoms with Crippen LogP contribution >= 0.6 is 0 Å². The van der Waals surface area contributed by atoms with Gasteiger partial charge in [-0.15, -0.1) is 0 Å². The van der Waals surface area contributed by atoms with Crippen molar-refractivity contribution >= 4 is 0 Å². The molecule has 0 unspecified atom stereocenters. The van der Waals surface area contributed by atoms with Gasteiger partial charge >= 0.3 is 0 Å². The maximum atomic E-state index is 3.61. The predicted octanol–water partition coefficient (Wildman–Crippen LogP) is 2.85. The first-order valence-corrected chi connectivity index (χ1v) is 6.95. The van der Waals surface area contributed by atoms with Gasteiger partial charge in [0.05, 0.1) is 0 Å². The van der Waals surface area contributed by atoms with Crippen LogP contribution in [0.4, 0.5) is 0 Å². The lowest BCUT2D eigenvalue weighted by molar-refractivity contribution is 0.260. The van der Waals surface area contributed by atoms with Gasteiger partial charge in [-0.05, 0) is 37.4 Å². The van der Waals surface area contributed by atoms with Crippen LogP contribution in [0.5, 0.6) is 0 Å². The van der Waals surface area contributed by atoms with Crippen LogP contribution in [-0.4, -0.2) is 37.6 Å². The molecule has 1 N–H and O–H groups in total. The normalized spacial score (nSPS) is 12.4. The molecule has 0 aliphatic carbocycles. The SMILES string of the molecule is CCN(CC)CCNCC(C(C)C)C(C)C. The second-order valence-electron chi connectivity index (χ2n) is 5.38. The van der Waals surface area contributed by atoms with Gasteiger partial charge < -0.3 is 10.2 Å². The molecule has 0 atom stereocenters. The minimum Gasteiger partial charge on any atom is -0.315 e. The minimum absolute atomic E-state index is 0.779. The van der Waals surface area contributed by atoms with Crippen molar-refractivity contribution in [3.63, 3.8) is 0 Å². The van der Waals surface area contributed by atoms with Gasteiger partial charge in [0, 0.05) is 13.1 Å². The smallest absolute Gasteiger partial charge is 0.0107 e. The summed E-state index contributed by atoms with van der Waals surface area (Å²) in [4.78, 5) is 2.47. The molecular formula is C14H32N2. The van der Waals surface area contributed by atoms with Crippen LogP contribution in [0.1, 0.15) is 41.5 Å². The quantitative estimate of drug-likeness (QED) is 0.611. The standard InChI is InChI=1S/C14H32N2/c1-7-16(8-2)10-9-15-11-14(12(3)4)13(5)6/h12-15H,7-11H2,1-6H3. The molecule has 2 nitrogen and oxygen atoms in total. The topological polar surface area (TPSA) is 15.3 Å². The lowest BCUT2D eigenvalue weighted by Crippen LogP contribution is -2.36. The predicted molar refractivity (Wildman–Crippen MR) is 73.8 cm³/mol. The Morgan fingerprint density at radius 2 is 1.44 bits per heavy atom. The number of likely N-dealkylation sites (N-methyl/N-ethyl adjacent to an activating group) is 1. The molecule has 0 spiro atoms. The first-order chi connectivity index (χ1) is 7.52. The summed E-state index contributed by atoms with van der Waals surface area (Å²) in [6.07, 6.45) is 0. The fourth-order valence-corrected chi connectivity index (χ4v) is 2.29. The highest BCUT2D eigenvalue weighted by Gasteiger charge is 2.16. The lowest BCUT2D eigenvalue weighted by Gasteiger charge is -2.26. The van der Waals surface area contributed by atoms with Crippen molar-refractivity contribution in [1.82, 2.24) is 10.2 Å². The third kappa shape index (κ3) is 6.49. The highest BCUT2D eigenvalue weighted by molar-refractivity contribution is 4.69. The van der Waals surface area contributed by atoms with E-state index in [2.05, 4.69) is 51.8 Å². The van der Waals surface area contributed by atoms with Crippen molar-refractivity contribution < 1.29 is 0 Å². The molecule has 0 aromatic carbocycles. The van der Waals surface area contributed by atoms with E-state index in [1.807, 2.05) is 0 Å². The third-order valence-corrected chi connectivity index (χ3v) is 3.59. The van der Waals surface area contributed by atoms with E-state index in [1.165, 1.54) is 6.54 Å². The fourth-order valence-electron chi connectivity index (χ4n) is 2.29. The van der Waals surface area contributed by atoms with Gasteiger partial charge in [-0.25, -0.2) is 0 Å². The molecule has 0 radical (unpaired) electrons. The maximum absolute atomic E-state index is 3.61. The zero-order valence-corrected chi connectivity index (χ0v) is 12.2. The summed E-state index contributed by atoms with van der Waals surface area (Å²) < 4.78 is 0. The van der Waals surface area contributed by atoms with E-state index in [0.717, 1.165) is 43.9 Å². The first-order valence-electron chi connectivity index (χ1n) is 6.95. The zero-order valence-electron chi connectivity index (χ0n) is 12.2. The van der Waals surface area contributed by atoms with Crippen molar-refractivity contribution in [2.75, 3.05) is 32.7 Å². The van der Waals surface area contributed by atoms with Gasteiger partial charge in [0.1, 0.15) is 0 Å². The van der Waals surface area contributed by atoms with Gasteiger partial charge in [0.25, 0.3) is 0 Å². The van der Waals surface area contributed by atoms with Gasteiger partial charge in [-0.3, -0.25) is 0 Å². The Kier molecular flexibility index (Phi) is 8.96. The monoisotopic (exact) mass is 228 g/mol. The molecule has 0 rings (SSSR count). The number of hydrogen-bond acceptors (Lipinski definition) is 2. The Balaban J connectivity index is 3.70. The molecule has 0 saturated heterocycles. The fraction of sp³-hybridized carbons (Fsp3) is 1.00. The summed E-state index contributed by atoms with van der Waals surface area (Å²) in [6.45, 7) is 19.6. The zero-order chi connectivity index (χ0) is 12.6. The molecule has 0 fully saturated rings. The van der Waals surface area contributed by atoms with Gasteiger partial charge in [-0.1, -0.05) is 41.5 Å². The van der Waals surface area contributed by atoms with E-state index in [-0.39, 0.29) is 0 Å². The summed E-state index contributed by atoms with van der Waals surface area (Å²) in [5.41, 5.74) is 0. The Morgan fingerprint density at radius 3 is 1.81 bits per heavy atom. The summed E-state index contributed by atoms with van der Waals surface area (Å²) in [5.74, 6) is 2.36. The molecule has 0 saturated carbocycles. The second kappa shape index (κ2) is 9.00. The molecule has 0 aliphatic rings. The van der Waals surface area contributed by atoms with Crippen LogP contribution in [0.3, 0.4) is 0 Å². The minimum atomic E-state index is 0.779. The van der Waals surface area contributed by atoms with Crippen molar-refractivity contribution in [1.29, 1.82) is 0 Å². The largest absolute Gasteiger partial charge is 0.315 e. The van der Waals surface area contributed by atoms with E-state index < -0.39 is 0 Å². The number of nitrogens with one attached hydrogen (secondary N) is 1. The molecule has 0 aliphatic heterocycles. The molecular weight excluding hydrogens is 196 g/mol. The maximum Gasteiger partial charge on any atom is 0.0107 e. The molecule has 0 aromatic rings. The molecule has 0 bridgehead atoms. The number of nitrogens with zero attached hydrogens (tertiary/aromatic N) is 1. The van der Waals surface area contributed by atoms with Crippen LogP contribution in [0.2, 0.25) is 0 Å². The summed E-state index contributed by atoms with van der Waals surface area (Å²) >= 11 is 0. The van der Waals surface area contributed by atoms with E-state index in [4.69, 9.17) is 0 Å². The van der Waals surface area contributed by atoms with E-state index >= 15 is 0 Å². The number of hydrogen-bond donors (Lipinski definition) is 1. The Morgan fingerprint density at radius 1 is 0.938 bits per heavy atom. The summed E-state index contributed by atoms with van der Waals surface area (Å²) in [5, 5.41) is 3.61. The summed E-state index contributed by atoms with van der Waals surface area (Å²) in [6, 6.07) is 0. The Bertz CT molecular complexity index is 143. The average molecular weight is 228 g/mol. The lowest BCUT2D eigenvalue weighted by atomic mass is 9.85. The Hall–Kier alpha value is -0.0800. The van der Waals surface area contributed by atoms with Crippen LogP contribution < -0.4 is 5.32 Å². The molecule has 0 amide bonds. The molecule has 2 heteroatoms. The third-order valence-electron chi connectivity index (χ3n) is 3.59. The van der Waals surface area contributed by atoms with Gasteiger partial charge in [0.15, 0.2) is 0 Å². The van der Waals surface area contributed by atoms with Crippen molar-refractivity contribution in [2.45, 2.75) is 41.5 Å².